The molecule has 3 rings (SSSR count). The van der Waals surface area contributed by atoms with Gasteiger partial charge >= 0.3 is 12.9 Å². The lowest BCUT2D eigenvalue weighted by molar-refractivity contribution is 0.0664. The molecule has 116 valence electrons. The molecule has 0 aliphatic carbocycles. The third-order valence-electron chi connectivity index (χ3n) is 3.63. The summed E-state index contributed by atoms with van der Waals surface area (Å²) in [6.07, 6.45) is 1.07. The van der Waals surface area contributed by atoms with Crippen LogP contribution in [0, 0.1) is 0 Å². The van der Waals surface area contributed by atoms with Crippen molar-refractivity contribution in [1.29, 1.82) is 0 Å². The quantitative estimate of drug-likeness (QED) is 0.486. The number of carbonyl (C=O) groups excluding carboxylic acids is 1. The third kappa shape index (κ3) is 3.26. The van der Waals surface area contributed by atoms with Gasteiger partial charge in [-0.05, 0) is 35.3 Å². The smallest absolute Gasteiger partial charge is 0.344 e. The molecule has 0 saturated heterocycles. The first-order valence-electron chi connectivity index (χ1n) is 7.12. The standard InChI is InChI=1S/C17H14BClO4/c1-3-21-17(20)14-6-4-13(9-16(14)19)23-12-5-7-15-11(8-12)10-22-18(15)2/h3-9H,1,10H2,2H3. The molecule has 4 nitrogen and oxygen atoms in total. The second-order valence-electron chi connectivity index (χ2n) is 5.13. The van der Waals surface area contributed by atoms with Gasteiger partial charge in [0.25, 0.3) is 0 Å². The maximum atomic E-state index is 11.7. The molecule has 0 radical (unpaired) electrons. The van der Waals surface area contributed by atoms with E-state index in [1.54, 1.807) is 18.2 Å². The van der Waals surface area contributed by atoms with Gasteiger partial charge in [-0.15, -0.1) is 0 Å². The van der Waals surface area contributed by atoms with Crippen LogP contribution in [0.2, 0.25) is 11.8 Å². The molecule has 0 aromatic heterocycles. The van der Waals surface area contributed by atoms with Crippen LogP contribution in [0.4, 0.5) is 0 Å². The van der Waals surface area contributed by atoms with Gasteiger partial charge < -0.3 is 14.1 Å². The summed E-state index contributed by atoms with van der Waals surface area (Å²) in [5.74, 6) is 0.677. The van der Waals surface area contributed by atoms with E-state index in [0.29, 0.717) is 18.1 Å². The second kappa shape index (κ2) is 6.48. The molecule has 23 heavy (non-hydrogen) atoms. The summed E-state index contributed by atoms with van der Waals surface area (Å²) in [6, 6.07) is 10.6. The Morgan fingerprint density at radius 2 is 2.04 bits per heavy atom. The largest absolute Gasteiger partial charge is 0.457 e. The van der Waals surface area contributed by atoms with Crippen LogP contribution < -0.4 is 10.2 Å². The van der Waals surface area contributed by atoms with Crippen LogP contribution in [0.15, 0.2) is 49.2 Å². The molecule has 0 N–H and O–H groups in total. The molecule has 1 aliphatic heterocycles. The van der Waals surface area contributed by atoms with Gasteiger partial charge in [-0.25, -0.2) is 4.79 Å². The Balaban J connectivity index is 1.80. The number of hydrogen-bond acceptors (Lipinski definition) is 4. The number of ether oxygens (including phenoxy) is 2. The summed E-state index contributed by atoms with van der Waals surface area (Å²) in [5.41, 5.74) is 2.56. The number of halogens is 1. The first-order valence-corrected chi connectivity index (χ1v) is 7.50. The van der Waals surface area contributed by atoms with Gasteiger partial charge in [0.15, 0.2) is 0 Å². The van der Waals surface area contributed by atoms with Gasteiger partial charge in [0.1, 0.15) is 11.5 Å². The average Bonchev–Trinajstić information content (AvgIpc) is 2.88. The number of carbonyl (C=O) groups is 1. The summed E-state index contributed by atoms with van der Waals surface area (Å²) >= 11 is 6.10. The lowest BCUT2D eigenvalue weighted by Crippen LogP contribution is -2.23. The zero-order valence-corrected chi connectivity index (χ0v) is 13.3. The minimum absolute atomic E-state index is 0.114. The van der Waals surface area contributed by atoms with Gasteiger partial charge in [-0.2, -0.15) is 0 Å². The van der Waals surface area contributed by atoms with Crippen molar-refractivity contribution < 1.29 is 18.9 Å². The van der Waals surface area contributed by atoms with Crippen molar-refractivity contribution in [3.05, 3.63) is 65.4 Å². The fourth-order valence-electron chi connectivity index (χ4n) is 2.47. The maximum Gasteiger partial charge on any atom is 0.344 e. The van der Waals surface area contributed by atoms with Gasteiger partial charge in [0, 0.05) is 6.07 Å². The zero-order chi connectivity index (χ0) is 16.4. The van der Waals surface area contributed by atoms with E-state index in [9.17, 15) is 4.79 Å². The molecule has 0 atom stereocenters. The highest BCUT2D eigenvalue weighted by atomic mass is 35.5. The predicted molar refractivity (Wildman–Crippen MR) is 89.6 cm³/mol. The van der Waals surface area contributed by atoms with Crippen molar-refractivity contribution >= 4 is 29.9 Å². The lowest BCUT2D eigenvalue weighted by Gasteiger charge is -2.09. The lowest BCUT2D eigenvalue weighted by atomic mass is 9.64. The van der Waals surface area contributed by atoms with Crippen molar-refractivity contribution in [3.8, 4) is 11.5 Å². The highest BCUT2D eigenvalue weighted by molar-refractivity contribution is 6.67. The summed E-state index contributed by atoms with van der Waals surface area (Å²) in [6.45, 7) is 6.06. The van der Waals surface area contributed by atoms with Crippen LogP contribution in [-0.4, -0.2) is 12.9 Å². The SMILES string of the molecule is C=COC(=O)c1ccc(Oc2ccc3c(c2)COB3C)cc1Cl. The Bertz CT molecular complexity index is 775. The predicted octanol–water partition coefficient (Wildman–Crippen LogP) is 3.79. The van der Waals surface area contributed by atoms with E-state index < -0.39 is 5.97 Å². The van der Waals surface area contributed by atoms with E-state index in [1.165, 1.54) is 5.46 Å². The van der Waals surface area contributed by atoms with E-state index in [2.05, 4.69) is 6.58 Å². The van der Waals surface area contributed by atoms with Crippen molar-refractivity contribution in [3.63, 3.8) is 0 Å². The Morgan fingerprint density at radius 3 is 2.78 bits per heavy atom. The van der Waals surface area contributed by atoms with Crippen molar-refractivity contribution in [2.45, 2.75) is 13.4 Å². The molecule has 0 spiro atoms. The van der Waals surface area contributed by atoms with Crippen LogP contribution in [0.5, 0.6) is 11.5 Å². The molecule has 0 saturated carbocycles. The van der Waals surface area contributed by atoms with Crippen molar-refractivity contribution in [2.24, 2.45) is 0 Å². The second-order valence-corrected chi connectivity index (χ2v) is 5.54. The monoisotopic (exact) mass is 328 g/mol. The van der Waals surface area contributed by atoms with E-state index in [4.69, 9.17) is 25.7 Å². The van der Waals surface area contributed by atoms with Crippen LogP contribution in [0.1, 0.15) is 15.9 Å². The fraction of sp³-hybridized carbons (Fsp3) is 0.118. The zero-order valence-electron chi connectivity index (χ0n) is 12.5. The molecule has 0 amide bonds. The minimum Gasteiger partial charge on any atom is -0.457 e. The van der Waals surface area contributed by atoms with Crippen LogP contribution in [0.25, 0.3) is 0 Å². The van der Waals surface area contributed by atoms with Gasteiger partial charge in [-0.3, -0.25) is 0 Å². The molecule has 1 aliphatic rings. The maximum absolute atomic E-state index is 11.7. The number of hydrogen-bond donors (Lipinski definition) is 0. The minimum atomic E-state index is -0.555. The number of fused-ring (bicyclic) bond motifs is 1. The van der Waals surface area contributed by atoms with Crippen molar-refractivity contribution in [2.75, 3.05) is 0 Å². The van der Waals surface area contributed by atoms with Crippen LogP contribution in [-0.2, 0) is 16.0 Å². The molecule has 2 aromatic rings. The number of benzene rings is 2. The van der Waals surface area contributed by atoms with E-state index in [0.717, 1.165) is 11.8 Å². The molecule has 0 bridgehead atoms. The highest BCUT2D eigenvalue weighted by Gasteiger charge is 2.23. The van der Waals surface area contributed by atoms with E-state index >= 15 is 0 Å². The third-order valence-corrected chi connectivity index (χ3v) is 3.94. The van der Waals surface area contributed by atoms with Crippen LogP contribution >= 0.6 is 11.6 Å². The number of rotatable bonds is 4. The summed E-state index contributed by atoms with van der Waals surface area (Å²) in [7, 11) is 0. The van der Waals surface area contributed by atoms with Gasteiger partial charge in [-0.1, -0.05) is 31.1 Å². The Morgan fingerprint density at radius 1 is 1.30 bits per heavy atom. The Kier molecular flexibility index (Phi) is 4.41. The van der Waals surface area contributed by atoms with Crippen LogP contribution in [0.3, 0.4) is 0 Å². The Labute approximate surface area is 139 Å². The topological polar surface area (TPSA) is 44.8 Å². The summed E-state index contributed by atoms with van der Waals surface area (Å²) < 4.78 is 16.1. The van der Waals surface area contributed by atoms with E-state index in [1.807, 2.05) is 25.0 Å². The number of esters is 1. The first kappa shape index (κ1) is 15.7. The summed E-state index contributed by atoms with van der Waals surface area (Å²) in [5, 5.41) is 0.257. The van der Waals surface area contributed by atoms with Gasteiger partial charge in [0.05, 0.1) is 23.5 Å². The molecule has 2 aromatic carbocycles. The van der Waals surface area contributed by atoms with E-state index in [-0.39, 0.29) is 17.5 Å². The first-order chi connectivity index (χ1) is 11.1. The van der Waals surface area contributed by atoms with Gasteiger partial charge in [0.2, 0.25) is 0 Å². The molecule has 0 fully saturated rings. The Hall–Kier alpha value is -2.24. The normalized spacial score (nSPS) is 12.7. The average molecular weight is 329 g/mol. The molecular formula is C17H14BClO4. The summed E-state index contributed by atoms with van der Waals surface area (Å²) in [4.78, 5) is 11.7. The fourth-order valence-corrected chi connectivity index (χ4v) is 2.72. The molecule has 1 heterocycles. The molecule has 6 heteroatoms. The highest BCUT2D eigenvalue weighted by Crippen LogP contribution is 2.28. The van der Waals surface area contributed by atoms with Crippen molar-refractivity contribution in [1.82, 2.24) is 0 Å². The molecule has 0 unspecified atom stereocenters. The molecular weight excluding hydrogens is 314 g/mol.